The Bertz CT molecular complexity index is 716. The van der Waals surface area contributed by atoms with Crippen molar-refractivity contribution in [3.63, 3.8) is 0 Å². The fourth-order valence-electron chi connectivity index (χ4n) is 4.44. The van der Waals surface area contributed by atoms with Crippen LogP contribution in [-0.4, -0.2) is 0 Å². The van der Waals surface area contributed by atoms with Crippen LogP contribution in [0.4, 0.5) is 0 Å². The van der Waals surface area contributed by atoms with Crippen molar-refractivity contribution in [2.45, 2.75) is 61.1 Å². The number of fused-ring (bicyclic) bond motifs is 1. The molecule has 1 aromatic rings. The van der Waals surface area contributed by atoms with Crippen molar-refractivity contribution in [3.8, 4) is 0 Å². The summed E-state index contributed by atoms with van der Waals surface area (Å²) in [5.74, 6) is 0. The van der Waals surface area contributed by atoms with Gasteiger partial charge >= 0.3 is 154 Å². The fraction of sp³-hybridized carbons (Fsp3) is 0.455. The maximum absolute atomic E-state index is 2.48. The third-order valence-corrected chi connectivity index (χ3v) is 12.6. The Morgan fingerprint density at radius 1 is 0.920 bits per heavy atom. The molecule has 2 aliphatic carbocycles. The number of benzene rings is 1. The van der Waals surface area contributed by atoms with Crippen molar-refractivity contribution < 1.29 is 71.2 Å². The van der Waals surface area contributed by atoms with E-state index in [1.54, 1.807) is 33.4 Å². The molecule has 0 saturated carbocycles. The van der Waals surface area contributed by atoms with E-state index in [-0.39, 0.29) is 48.0 Å². The summed E-state index contributed by atoms with van der Waals surface area (Å²) in [7, 11) is 0. The molecule has 3 rings (SSSR count). The van der Waals surface area contributed by atoms with E-state index < -0.39 is 23.2 Å². The van der Waals surface area contributed by atoms with Crippen LogP contribution < -0.4 is 48.0 Å². The van der Waals surface area contributed by atoms with Crippen molar-refractivity contribution in [2.75, 3.05) is 0 Å². The zero-order chi connectivity index (χ0) is 16.8. The zero-order valence-corrected chi connectivity index (χ0v) is 22.9. The summed E-state index contributed by atoms with van der Waals surface area (Å²) in [4.78, 5) is 0. The molecule has 1 aromatic carbocycles. The van der Waals surface area contributed by atoms with Crippen molar-refractivity contribution in [3.05, 3.63) is 63.3 Å². The molecule has 0 aliphatic heterocycles. The van der Waals surface area contributed by atoms with E-state index in [0.717, 1.165) is 3.63 Å². The molecule has 25 heavy (non-hydrogen) atoms. The Morgan fingerprint density at radius 3 is 2.00 bits per heavy atom. The standard InChI is InChI=1S/C11H11.C11H17.2HI.Zr/c1-2-9-7-10-5-3-4-6-11(10)8-9;1-6-11-9(4)7(2)8(3)10(11)5;;;/h3-8H,2H2,1H3;6H2,1-5H3;2*1H;/q;;;;+2/p-2. The SMILES string of the molecule is CCC1=Cc2ccccc2[CH]1[Zr+2][C]1(CC)C(C)=C(C)C(C)=C1C.[I-].[I-]. The molecule has 0 bridgehead atoms. The normalized spacial score (nSPS) is 20.6. The quantitative estimate of drug-likeness (QED) is 0.431. The molecule has 0 amide bonds. The van der Waals surface area contributed by atoms with Crippen LogP contribution in [-0.2, 0) is 23.2 Å². The summed E-state index contributed by atoms with van der Waals surface area (Å²) < 4.78 is 1.18. The van der Waals surface area contributed by atoms with Crippen molar-refractivity contribution in [1.82, 2.24) is 0 Å². The first kappa shape index (κ1) is 23.8. The Kier molecular flexibility index (Phi) is 8.88. The van der Waals surface area contributed by atoms with Crippen LogP contribution in [0.25, 0.3) is 6.08 Å². The maximum Gasteiger partial charge on any atom is -1.00 e. The summed E-state index contributed by atoms with van der Waals surface area (Å²) in [6, 6.07) is 9.11. The number of hydrogen-bond donors (Lipinski definition) is 0. The van der Waals surface area contributed by atoms with Crippen LogP contribution in [0.2, 0.25) is 3.12 Å². The topological polar surface area (TPSA) is 0 Å². The molecule has 3 heteroatoms. The molecular formula is C22H28I2Zr. The van der Waals surface area contributed by atoms with Crippen LogP contribution >= 0.6 is 0 Å². The third-order valence-electron chi connectivity index (χ3n) is 6.32. The minimum atomic E-state index is -0.706. The van der Waals surface area contributed by atoms with Gasteiger partial charge in [-0.15, -0.1) is 0 Å². The molecular weight excluding hydrogens is 609 g/mol. The van der Waals surface area contributed by atoms with E-state index in [1.165, 1.54) is 18.4 Å². The minimum Gasteiger partial charge on any atom is -1.00 e. The van der Waals surface area contributed by atoms with Gasteiger partial charge in [0.25, 0.3) is 0 Å². The molecule has 0 spiro atoms. The molecule has 0 nitrogen and oxygen atoms in total. The second kappa shape index (κ2) is 9.32. The van der Waals surface area contributed by atoms with Gasteiger partial charge in [-0.05, 0) is 0 Å². The van der Waals surface area contributed by atoms with Crippen LogP contribution in [0.15, 0.2) is 52.1 Å². The Morgan fingerprint density at radius 2 is 1.48 bits per heavy atom. The van der Waals surface area contributed by atoms with Crippen molar-refractivity contribution >= 4 is 6.08 Å². The van der Waals surface area contributed by atoms with Gasteiger partial charge in [0.05, 0.1) is 0 Å². The Balaban J connectivity index is 0.00000156. The maximum atomic E-state index is 2.48. The summed E-state index contributed by atoms with van der Waals surface area (Å²) in [5.41, 5.74) is 11.3. The summed E-state index contributed by atoms with van der Waals surface area (Å²) in [6.45, 7) is 14.2. The van der Waals surface area contributed by atoms with E-state index in [0.29, 0.717) is 3.12 Å². The number of halogens is 2. The summed E-state index contributed by atoms with van der Waals surface area (Å²) >= 11 is -0.706. The Hall–Kier alpha value is 0.783. The van der Waals surface area contributed by atoms with E-state index in [1.807, 2.05) is 0 Å². The van der Waals surface area contributed by atoms with Crippen LogP contribution in [0.1, 0.15) is 69.1 Å². The monoisotopic (exact) mass is 636 g/mol. The van der Waals surface area contributed by atoms with E-state index in [4.69, 9.17) is 0 Å². The Labute approximate surface area is 199 Å². The molecule has 0 heterocycles. The molecule has 0 saturated heterocycles. The van der Waals surface area contributed by atoms with E-state index >= 15 is 0 Å². The molecule has 0 fully saturated rings. The third kappa shape index (κ3) is 3.85. The van der Waals surface area contributed by atoms with Gasteiger partial charge in [-0.25, -0.2) is 0 Å². The number of hydrogen-bond acceptors (Lipinski definition) is 0. The van der Waals surface area contributed by atoms with Crippen LogP contribution in [0.5, 0.6) is 0 Å². The molecule has 2 aliphatic rings. The zero-order valence-electron chi connectivity index (χ0n) is 16.1. The average molecular weight is 637 g/mol. The summed E-state index contributed by atoms with van der Waals surface area (Å²) in [6.07, 6.45) is 4.96. The molecule has 1 atom stereocenters. The predicted molar refractivity (Wildman–Crippen MR) is 97.2 cm³/mol. The van der Waals surface area contributed by atoms with Gasteiger partial charge < -0.3 is 48.0 Å². The molecule has 0 radical (unpaired) electrons. The molecule has 1 unspecified atom stereocenters. The second-order valence-corrected chi connectivity index (χ2v) is 11.3. The molecule has 0 N–H and O–H groups in total. The van der Waals surface area contributed by atoms with Crippen LogP contribution in [0.3, 0.4) is 0 Å². The first-order chi connectivity index (χ1) is 11.0. The first-order valence-electron chi connectivity index (χ1n) is 8.89. The number of rotatable bonds is 4. The molecule has 0 aromatic heterocycles. The van der Waals surface area contributed by atoms with Gasteiger partial charge in [-0.3, -0.25) is 0 Å². The smallest absolute Gasteiger partial charge is 1.00 e. The van der Waals surface area contributed by atoms with Crippen molar-refractivity contribution in [1.29, 1.82) is 0 Å². The predicted octanol–water partition coefficient (Wildman–Crippen LogP) is 0.880. The fourth-order valence-corrected chi connectivity index (χ4v) is 10.3. The van der Waals surface area contributed by atoms with Crippen LogP contribution in [0, 0.1) is 0 Å². The first-order valence-corrected chi connectivity index (χ1v) is 11.5. The van der Waals surface area contributed by atoms with E-state index in [9.17, 15) is 0 Å². The van der Waals surface area contributed by atoms with Gasteiger partial charge in [0, 0.05) is 0 Å². The van der Waals surface area contributed by atoms with Gasteiger partial charge in [0.1, 0.15) is 0 Å². The van der Waals surface area contributed by atoms with Gasteiger partial charge in [-0.1, -0.05) is 0 Å². The minimum absolute atomic E-state index is 0. The molecule has 134 valence electrons. The second-order valence-electron chi connectivity index (χ2n) is 7.04. The van der Waals surface area contributed by atoms with Gasteiger partial charge in [0.15, 0.2) is 0 Å². The largest absolute Gasteiger partial charge is 1.00 e. The van der Waals surface area contributed by atoms with Crippen molar-refractivity contribution in [2.24, 2.45) is 0 Å². The van der Waals surface area contributed by atoms with E-state index in [2.05, 4.69) is 71.9 Å². The van der Waals surface area contributed by atoms with Gasteiger partial charge in [-0.2, -0.15) is 0 Å². The number of allylic oxidation sites excluding steroid dienone is 5. The van der Waals surface area contributed by atoms with Gasteiger partial charge in [0.2, 0.25) is 0 Å². The average Bonchev–Trinajstić information content (AvgIpc) is 3.00. The summed E-state index contributed by atoms with van der Waals surface area (Å²) in [5, 5.41) is 0.